The number of ether oxygens (including phenoxy) is 3. The number of carbonyl (C=O) groups is 1. The topological polar surface area (TPSA) is 149 Å². The highest BCUT2D eigenvalue weighted by Crippen LogP contribution is 2.43. The second-order valence-corrected chi connectivity index (χ2v) is 18.9. The van der Waals surface area contributed by atoms with Crippen molar-refractivity contribution in [1.29, 1.82) is 0 Å². The van der Waals surface area contributed by atoms with Crippen molar-refractivity contribution in [2.24, 2.45) is 5.41 Å². The molecule has 12 nitrogen and oxygen atoms in total. The van der Waals surface area contributed by atoms with Crippen LogP contribution >= 0.6 is 34.8 Å². The van der Waals surface area contributed by atoms with Gasteiger partial charge < -0.3 is 24.8 Å². The molecule has 4 heterocycles. The van der Waals surface area contributed by atoms with Crippen molar-refractivity contribution >= 4 is 67.8 Å². The van der Waals surface area contributed by atoms with Crippen LogP contribution in [0.3, 0.4) is 0 Å². The molecule has 17 heteroatoms. The van der Waals surface area contributed by atoms with Gasteiger partial charge in [-0.05, 0) is 66.1 Å². The SMILES string of the molecule is CC1(C)CCC(CN2CCN(c3ccc(C(=O)NS(=O)(=O)c4cnc(OCC5(F)CCOCC5)c(Cl)c4)c(Oc4cnc(N)c(Cl)c4)c3)CC2)=C(c2ccc(Cl)cc2)C1. The van der Waals surface area contributed by atoms with Gasteiger partial charge in [-0.2, -0.15) is 0 Å². The molecule has 0 atom stereocenters. The summed E-state index contributed by atoms with van der Waals surface area (Å²) in [5, 5.41) is 0.698. The maximum absolute atomic E-state index is 15.0. The van der Waals surface area contributed by atoms with Crippen LogP contribution in [-0.4, -0.2) is 87.4 Å². The van der Waals surface area contributed by atoms with E-state index in [-0.39, 0.29) is 76.9 Å². The third-order valence-corrected chi connectivity index (χ3v) is 13.1. The third-order valence-electron chi connectivity index (χ3n) is 11.0. The lowest BCUT2D eigenvalue weighted by molar-refractivity contribution is -0.0331. The molecule has 314 valence electrons. The molecule has 2 fully saturated rings. The van der Waals surface area contributed by atoms with Crippen molar-refractivity contribution in [2.45, 2.75) is 56.5 Å². The minimum absolute atomic E-state index is 0.0658. The lowest BCUT2D eigenvalue weighted by atomic mass is 9.72. The average molecular weight is 888 g/mol. The summed E-state index contributed by atoms with van der Waals surface area (Å²) >= 11 is 18.8. The summed E-state index contributed by atoms with van der Waals surface area (Å²) in [5.41, 5.74) is 9.20. The maximum atomic E-state index is 15.0. The van der Waals surface area contributed by atoms with E-state index < -0.39 is 26.5 Å². The summed E-state index contributed by atoms with van der Waals surface area (Å²) in [7, 11) is -4.50. The smallest absolute Gasteiger partial charge is 0.268 e. The Labute approximate surface area is 358 Å². The number of allylic oxidation sites excluding steroid dienone is 1. The van der Waals surface area contributed by atoms with E-state index >= 15 is 4.39 Å². The van der Waals surface area contributed by atoms with E-state index in [1.807, 2.05) is 12.1 Å². The molecule has 3 aliphatic rings. The molecule has 2 saturated heterocycles. The monoisotopic (exact) mass is 886 g/mol. The minimum Gasteiger partial charge on any atom is -0.473 e. The van der Waals surface area contributed by atoms with Crippen molar-refractivity contribution in [2.75, 3.05) is 63.2 Å². The molecule has 7 rings (SSSR count). The highest BCUT2D eigenvalue weighted by Gasteiger charge is 2.34. The molecule has 0 saturated carbocycles. The zero-order valence-electron chi connectivity index (χ0n) is 32.8. The number of anilines is 2. The summed E-state index contributed by atoms with van der Waals surface area (Å²) in [5.74, 6) is -0.760. The van der Waals surface area contributed by atoms with Gasteiger partial charge in [-0.3, -0.25) is 9.69 Å². The molecular weight excluding hydrogens is 842 g/mol. The van der Waals surface area contributed by atoms with E-state index in [0.29, 0.717) is 13.1 Å². The maximum Gasteiger partial charge on any atom is 0.268 e. The van der Waals surface area contributed by atoms with Crippen LogP contribution in [0, 0.1) is 5.41 Å². The summed E-state index contributed by atoms with van der Waals surface area (Å²) < 4.78 is 60.9. The number of halogens is 4. The fourth-order valence-corrected chi connectivity index (χ4v) is 8.97. The molecule has 0 unspecified atom stereocenters. The molecule has 2 aliphatic heterocycles. The Morgan fingerprint density at radius 3 is 2.37 bits per heavy atom. The van der Waals surface area contributed by atoms with Gasteiger partial charge in [-0.25, -0.2) is 27.5 Å². The van der Waals surface area contributed by atoms with E-state index in [1.165, 1.54) is 35.0 Å². The van der Waals surface area contributed by atoms with E-state index in [0.717, 1.165) is 61.9 Å². The number of nitrogens with two attached hydrogens (primary N) is 1. The third kappa shape index (κ3) is 10.6. The van der Waals surface area contributed by atoms with Crippen LogP contribution in [-0.2, 0) is 14.8 Å². The number of amides is 1. The number of sulfonamides is 1. The summed E-state index contributed by atoms with van der Waals surface area (Å²) in [4.78, 5) is 26.1. The molecule has 0 radical (unpaired) electrons. The van der Waals surface area contributed by atoms with E-state index in [9.17, 15) is 13.2 Å². The number of aromatic nitrogens is 2. The summed E-state index contributed by atoms with van der Waals surface area (Å²) in [6.45, 7) is 8.75. The molecule has 0 spiro atoms. The van der Waals surface area contributed by atoms with Gasteiger partial charge in [0.15, 0.2) is 0 Å². The zero-order chi connectivity index (χ0) is 42.0. The van der Waals surface area contributed by atoms with Crippen LogP contribution < -0.4 is 24.8 Å². The van der Waals surface area contributed by atoms with Gasteiger partial charge in [-0.1, -0.05) is 66.4 Å². The van der Waals surface area contributed by atoms with Gasteiger partial charge in [-0.15, -0.1) is 0 Å². The van der Waals surface area contributed by atoms with E-state index in [4.69, 9.17) is 54.7 Å². The van der Waals surface area contributed by atoms with Crippen molar-refractivity contribution in [3.8, 4) is 17.4 Å². The highest BCUT2D eigenvalue weighted by molar-refractivity contribution is 7.90. The molecule has 0 bridgehead atoms. The average Bonchev–Trinajstić information content (AvgIpc) is 3.20. The van der Waals surface area contributed by atoms with Crippen LogP contribution in [0.2, 0.25) is 15.1 Å². The van der Waals surface area contributed by atoms with Gasteiger partial charge in [0.25, 0.3) is 15.9 Å². The Balaban J connectivity index is 1.07. The van der Waals surface area contributed by atoms with Crippen molar-refractivity contribution < 1.29 is 31.8 Å². The normalized spacial score (nSPS) is 18.4. The standard InChI is InChI=1S/C42H46Cl3FN6O6S/c1-41(2)10-9-28(34(22-41)27-3-5-29(43)6-4-27)25-51-13-15-52(16-14-51)30-7-8-33(37(19-30)58-31-20-35(44)38(47)48-23-31)39(53)50-59(54,55)32-21-36(45)40(49-24-32)57-26-42(46)11-17-56-18-12-42/h3-8,19-21,23-24H,9-18,22,25-26H2,1-2H3,(H2,47,48)(H,50,53). The Morgan fingerprint density at radius 1 is 0.949 bits per heavy atom. The predicted molar refractivity (Wildman–Crippen MR) is 228 cm³/mol. The largest absolute Gasteiger partial charge is 0.473 e. The first-order chi connectivity index (χ1) is 28.1. The first kappa shape index (κ1) is 42.9. The number of carbonyl (C=O) groups excluding carboxylic acids is 1. The van der Waals surface area contributed by atoms with Crippen LogP contribution in [0.1, 0.15) is 61.9 Å². The molecule has 2 aromatic heterocycles. The van der Waals surface area contributed by atoms with Crippen LogP contribution in [0.25, 0.3) is 5.57 Å². The first-order valence-electron chi connectivity index (χ1n) is 19.4. The molecule has 4 aromatic rings. The number of nitrogens with one attached hydrogen (secondary N) is 1. The fourth-order valence-electron chi connectivity index (χ4n) is 7.47. The number of nitrogens with zero attached hydrogens (tertiary/aromatic N) is 4. The minimum atomic E-state index is -4.50. The Hall–Kier alpha value is -4.18. The summed E-state index contributed by atoms with van der Waals surface area (Å²) in [6.07, 6.45) is 5.82. The quantitative estimate of drug-likeness (QED) is 0.141. The lowest BCUT2D eigenvalue weighted by Crippen LogP contribution is -2.47. The molecule has 1 aliphatic carbocycles. The van der Waals surface area contributed by atoms with E-state index in [1.54, 1.807) is 12.1 Å². The number of rotatable bonds is 12. The molecular formula is C42H46Cl3FN6O6S. The van der Waals surface area contributed by atoms with Gasteiger partial charge in [0.2, 0.25) is 5.88 Å². The number of hydrogen-bond donors (Lipinski definition) is 2. The Bertz CT molecular complexity index is 2340. The fraction of sp³-hybridized carbons (Fsp3) is 0.405. The molecule has 1 amide bonds. The molecule has 59 heavy (non-hydrogen) atoms. The lowest BCUT2D eigenvalue weighted by Gasteiger charge is -2.39. The Kier molecular flexibility index (Phi) is 13.0. The number of benzene rings is 2. The van der Waals surface area contributed by atoms with Crippen LogP contribution in [0.4, 0.5) is 15.9 Å². The van der Waals surface area contributed by atoms with Gasteiger partial charge in [0, 0.05) is 81.6 Å². The second-order valence-electron chi connectivity index (χ2n) is 16.0. The zero-order valence-corrected chi connectivity index (χ0v) is 35.9. The first-order valence-corrected chi connectivity index (χ1v) is 22.0. The van der Waals surface area contributed by atoms with Crippen LogP contribution in [0.5, 0.6) is 17.4 Å². The molecule has 3 N–H and O–H groups in total. The molecule has 2 aromatic carbocycles. The number of hydrogen-bond acceptors (Lipinski definition) is 11. The van der Waals surface area contributed by atoms with Crippen LogP contribution in [0.15, 0.2) is 77.5 Å². The predicted octanol–water partition coefficient (Wildman–Crippen LogP) is 8.61. The van der Waals surface area contributed by atoms with Crippen molar-refractivity contribution in [3.05, 3.63) is 98.8 Å². The van der Waals surface area contributed by atoms with Gasteiger partial charge in [0.1, 0.15) is 39.5 Å². The number of pyridine rings is 2. The Morgan fingerprint density at radius 2 is 1.68 bits per heavy atom. The summed E-state index contributed by atoms with van der Waals surface area (Å²) in [6, 6.07) is 15.6. The number of alkyl halides is 1. The van der Waals surface area contributed by atoms with E-state index in [2.05, 4.69) is 50.5 Å². The van der Waals surface area contributed by atoms with Gasteiger partial charge >= 0.3 is 0 Å². The van der Waals surface area contributed by atoms with Crippen molar-refractivity contribution in [1.82, 2.24) is 19.6 Å². The highest BCUT2D eigenvalue weighted by atomic mass is 35.5. The number of nitrogen functional groups attached to an aromatic ring is 1. The number of piperazine rings is 1. The van der Waals surface area contributed by atoms with Gasteiger partial charge in [0.05, 0.1) is 23.0 Å². The second kappa shape index (κ2) is 17.8. The van der Waals surface area contributed by atoms with Crippen molar-refractivity contribution in [3.63, 3.8) is 0 Å².